The molecule has 1 aliphatic rings. The summed E-state index contributed by atoms with van der Waals surface area (Å²) in [5.74, 6) is 0. The van der Waals surface area contributed by atoms with Crippen molar-refractivity contribution in [2.75, 3.05) is 31.6 Å². The quantitative estimate of drug-likeness (QED) is 0.876. The van der Waals surface area contributed by atoms with E-state index < -0.39 is 5.60 Å². The van der Waals surface area contributed by atoms with Crippen molar-refractivity contribution in [3.8, 4) is 0 Å². The van der Waals surface area contributed by atoms with Crippen LogP contribution in [0.4, 0.5) is 5.69 Å². The lowest BCUT2D eigenvalue weighted by Gasteiger charge is -2.40. The average Bonchev–Trinajstić information content (AvgIpc) is 2.31. The molecule has 1 fully saturated rings. The van der Waals surface area contributed by atoms with Gasteiger partial charge >= 0.3 is 0 Å². The van der Waals surface area contributed by atoms with E-state index in [9.17, 15) is 5.11 Å². The third-order valence-electron chi connectivity index (χ3n) is 4.15. The Labute approximate surface area is 116 Å². The van der Waals surface area contributed by atoms with Crippen LogP contribution in [0.15, 0.2) is 12.1 Å². The first-order valence-corrected chi connectivity index (χ1v) is 7.15. The molecular formula is C16H26N2O. The first-order chi connectivity index (χ1) is 8.95. The molecule has 0 atom stereocenters. The zero-order valence-corrected chi connectivity index (χ0v) is 12.6. The maximum absolute atomic E-state index is 10.4. The van der Waals surface area contributed by atoms with Crippen molar-refractivity contribution in [2.45, 2.75) is 39.2 Å². The van der Waals surface area contributed by atoms with Gasteiger partial charge in [-0.25, -0.2) is 0 Å². The van der Waals surface area contributed by atoms with Gasteiger partial charge in [0.15, 0.2) is 0 Å². The van der Waals surface area contributed by atoms with Crippen LogP contribution >= 0.6 is 0 Å². The van der Waals surface area contributed by atoms with Gasteiger partial charge in [0, 0.05) is 25.3 Å². The fraction of sp³-hybridized carbons (Fsp3) is 0.625. The number of rotatable bonds is 3. The molecule has 0 bridgehead atoms. The molecule has 2 N–H and O–H groups in total. The molecule has 0 aromatic heterocycles. The maximum atomic E-state index is 10.4. The number of nitrogens with zero attached hydrogens (tertiary/aromatic N) is 1. The minimum absolute atomic E-state index is 0.530. The summed E-state index contributed by atoms with van der Waals surface area (Å²) in [5, 5.41) is 13.5. The second-order valence-corrected chi connectivity index (χ2v) is 5.99. The van der Waals surface area contributed by atoms with E-state index in [0.717, 1.165) is 25.9 Å². The first kappa shape index (κ1) is 14.4. The first-order valence-electron chi connectivity index (χ1n) is 7.15. The highest BCUT2D eigenvalue weighted by Gasteiger charge is 2.32. The molecule has 1 aromatic rings. The molecule has 1 aliphatic heterocycles. The summed E-state index contributed by atoms with van der Waals surface area (Å²) in [6.45, 7) is 9.07. The Morgan fingerprint density at radius 2 is 1.68 bits per heavy atom. The van der Waals surface area contributed by atoms with Crippen molar-refractivity contribution in [2.24, 2.45) is 0 Å². The minimum atomic E-state index is -0.530. The zero-order chi connectivity index (χ0) is 14.0. The van der Waals surface area contributed by atoms with E-state index in [1.54, 1.807) is 0 Å². The third-order valence-corrected chi connectivity index (χ3v) is 4.15. The van der Waals surface area contributed by atoms with Gasteiger partial charge in [0.05, 0.1) is 5.60 Å². The number of nitrogens with one attached hydrogen (secondary N) is 1. The average molecular weight is 262 g/mol. The van der Waals surface area contributed by atoms with Gasteiger partial charge in [-0.2, -0.15) is 0 Å². The van der Waals surface area contributed by atoms with Crippen molar-refractivity contribution in [3.63, 3.8) is 0 Å². The highest BCUT2D eigenvalue weighted by molar-refractivity contribution is 5.60. The normalized spacial score (nSPS) is 18.7. The Morgan fingerprint density at radius 3 is 2.16 bits per heavy atom. The van der Waals surface area contributed by atoms with Crippen molar-refractivity contribution >= 4 is 5.69 Å². The number of likely N-dealkylation sites (N-methyl/N-ethyl adjacent to an activating group) is 1. The van der Waals surface area contributed by atoms with E-state index in [1.807, 2.05) is 7.05 Å². The zero-order valence-electron chi connectivity index (χ0n) is 12.6. The monoisotopic (exact) mass is 262 g/mol. The summed E-state index contributed by atoms with van der Waals surface area (Å²) < 4.78 is 0. The number of aryl methyl sites for hydroxylation is 3. The van der Waals surface area contributed by atoms with Crippen LogP contribution in [-0.4, -0.2) is 37.4 Å². The van der Waals surface area contributed by atoms with Gasteiger partial charge in [0.2, 0.25) is 0 Å². The Balaban J connectivity index is 2.14. The lowest BCUT2D eigenvalue weighted by Crippen LogP contribution is -2.49. The Morgan fingerprint density at radius 1 is 1.16 bits per heavy atom. The predicted octanol–water partition coefficient (Wildman–Crippen LogP) is 2.16. The molecular weight excluding hydrogens is 236 g/mol. The van der Waals surface area contributed by atoms with Gasteiger partial charge < -0.3 is 15.3 Å². The summed E-state index contributed by atoms with van der Waals surface area (Å²) in [7, 11) is 1.90. The molecule has 3 heteroatoms. The number of aliphatic hydroxyl groups is 1. The van der Waals surface area contributed by atoms with Crippen LogP contribution in [0.2, 0.25) is 0 Å². The van der Waals surface area contributed by atoms with Gasteiger partial charge in [0.1, 0.15) is 0 Å². The highest BCUT2D eigenvalue weighted by atomic mass is 16.3. The molecule has 0 aliphatic carbocycles. The molecule has 0 unspecified atom stereocenters. The lowest BCUT2D eigenvalue weighted by atomic mass is 9.90. The van der Waals surface area contributed by atoms with Crippen LogP contribution in [0, 0.1) is 20.8 Å². The number of benzene rings is 1. The van der Waals surface area contributed by atoms with E-state index in [1.165, 1.54) is 22.4 Å². The lowest BCUT2D eigenvalue weighted by molar-refractivity contribution is 0.0185. The minimum Gasteiger partial charge on any atom is -0.388 e. The van der Waals surface area contributed by atoms with Crippen molar-refractivity contribution in [3.05, 3.63) is 28.8 Å². The number of hydrogen-bond acceptors (Lipinski definition) is 3. The van der Waals surface area contributed by atoms with E-state index in [-0.39, 0.29) is 0 Å². The number of piperidine rings is 1. The summed E-state index contributed by atoms with van der Waals surface area (Å²) >= 11 is 0. The molecule has 1 aromatic carbocycles. The Kier molecular flexibility index (Phi) is 4.16. The maximum Gasteiger partial charge on any atom is 0.0805 e. The van der Waals surface area contributed by atoms with Crippen molar-refractivity contribution in [1.29, 1.82) is 0 Å². The van der Waals surface area contributed by atoms with E-state index in [2.05, 4.69) is 43.1 Å². The van der Waals surface area contributed by atoms with Gasteiger partial charge in [-0.1, -0.05) is 17.7 Å². The fourth-order valence-electron chi connectivity index (χ4n) is 3.32. The van der Waals surface area contributed by atoms with Crippen LogP contribution in [-0.2, 0) is 0 Å². The fourth-order valence-corrected chi connectivity index (χ4v) is 3.32. The molecule has 19 heavy (non-hydrogen) atoms. The Hall–Kier alpha value is -1.06. The largest absolute Gasteiger partial charge is 0.388 e. The number of anilines is 1. The van der Waals surface area contributed by atoms with E-state index in [0.29, 0.717) is 6.54 Å². The molecule has 0 spiro atoms. The van der Waals surface area contributed by atoms with Gasteiger partial charge in [-0.3, -0.25) is 0 Å². The molecule has 0 saturated carbocycles. The predicted molar refractivity (Wildman–Crippen MR) is 81.0 cm³/mol. The standard InChI is InChI=1S/C16H26N2O/c1-12-9-13(2)15(14(3)10-12)18-7-5-16(19,6-8-18)11-17-4/h9-10,17,19H,5-8,11H2,1-4H3. The topological polar surface area (TPSA) is 35.5 Å². The van der Waals surface area contributed by atoms with Crippen LogP contribution in [0.5, 0.6) is 0 Å². The van der Waals surface area contributed by atoms with Gasteiger partial charge in [0.25, 0.3) is 0 Å². The second-order valence-electron chi connectivity index (χ2n) is 5.99. The van der Waals surface area contributed by atoms with E-state index >= 15 is 0 Å². The molecule has 1 saturated heterocycles. The third kappa shape index (κ3) is 3.10. The molecule has 0 amide bonds. The van der Waals surface area contributed by atoms with Crippen LogP contribution in [0.25, 0.3) is 0 Å². The number of hydrogen-bond donors (Lipinski definition) is 2. The van der Waals surface area contributed by atoms with Crippen LogP contribution in [0.3, 0.4) is 0 Å². The van der Waals surface area contributed by atoms with Crippen molar-refractivity contribution < 1.29 is 5.11 Å². The summed E-state index contributed by atoms with van der Waals surface area (Å²) in [6, 6.07) is 4.49. The Bertz CT molecular complexity index is 425. The van der Waals surface area contributed by atoms with Crippen molar-refractivity contribution in [1.82, 2.24) is 5.32 Å². The van der Waals surface area contributed by atoms with E-state index in [4.69, 9.17) is 0 Å². The van der Waals surface area contributed by atoms with Crippen LogP contribution in [0.1, 0.15) is 29.5 Å². The smallest absolute Gasteiger partial charge is 0.0805 e. The van der Waals surface area contributed by atoms with Gasteiger partial charge in [-0.15, -0.1) is 0 Å². The summed E-state index contributed by atoms with van der Waals surface area (Å²) in [5.41, 5.74) is 4.84. The highest BCUT2D eigenvalue weighted by Crippen LogP contribution is 2.31. The molecule has 1 heterocycles. The SMILES string of the molecule is CNCC1(O)CCN(c2c(C)cc(C)cc2C)CC1. The summed E-state index contributed by atoms with van der Waals surface area (Å²) in [6.07, 6.45) is 1.67. The molecule has 3 nitrogen and oxygen atoms in total. The molecule has 106 valence electrons. The summed E-state index contributed by atoms with van der Waals surface area (Å²) in [4.78, 5) is 2.42. The van der Waals surface area contributed by atoms with Gasteiger partial charge in [-0.05, 0) is 51.8 Å². The molecule has 2 rings (SSSR count). The second kappa shape index (κ2) is 5.51. The molecule has 0 radical (unpaired) electrons. The van der Waals surface area contributed by atoms with Crippen LogP contribution < -0.4 is 10.2 Å².